The number of hydrogen-bond acceptors (Lipinski definition) is 6. The Bertz CT molecular complexity index is 5000. The van der Waals surface area contributed by atoms with Gasteiger partial charge in [-0.25, -0.2) is 19.9 Å². The molecule has 0 atom stereocenters. The molecule has 312 valence electrons. The van der Waals surface area contributed by atoms with E-state index >= 15 is 0 Å². The van der Waals surface area contributed by atoms with Crippen molar-refractivity contribution < 1.29 is 26.0 Å². The van der Waals surface area contributed by atoms with E-state index in [1.807, 2.05) is 78.9 Å². The molecule has 13 rings (SSSR count). The Morgan fingerprint density at radius 1 is 0.299 bits per heavy atom. The van der Waals surface area contributed by atoms with Gasteiger partial charge in [-0.2, -0.15) is 9.97 Å². The van der Waals surface area contributed by atoms with Crippen LogP contribution in [0.15, 0.2) is 224 Å². The van der Waals surface area contributed by atoms with Crippen LogP contribution in [0.5, 0.6) is 0 Å². The van der Waals surface area contributed by atoms with Crippen molar-refractivity contribution in [3.8, 4) is 85.1 Å². The van der Waals surface area contributed by atoms with Gasteiger partial charge in [0.1, 0.15) is 0 Å². The van der Waals surface area contributed by atoms with Crippen LogP contribution in [0.2, 0.25) is 0 Å². The van der Waals surface area contributed by atoms with Crippen LogP contribution in [0.3, 0.4) is 0 Å². The van der Waals surface area contributed by atoms with Gasteiger partial charge >= 0.3 is 0 Å². The Balaban J connectivity index is 1.16. The number of benzene rings is 10. The molecule has 0 aliphatic heterocycles. The average Bonchev–Trinajstić information content (AvgIpc) is 1.55. The second-order valence-corrected chi connectivity index (χ2v) is 15.2. The number of nitrogens with zero attached hydrogens (tertiary/aromatic N) is 7. The van der Waals surface area contributed by atoms with E-state index in [-0.39, 0.29) is 40.1 Å². The minimum atomic E-state index is -0.846. The van der Waals surface area contributed by atoms with Gasteiger partial charge in [-0.15, -0.1) is 0 Å². The highest BCUT2D eigenvalue weighted by molar-refractivity contribution is 6.35. The molecule has 0 amide bonds. The molecule has 0 saturated heterocycles. The maximum atomic E-state index is 9.48. The lowest BCUT2D eigenvalue weighted by atomic mass is 9.93. The molecule has 0 spiro atoms. The summed E-state index contributed by atoms with van der Waals surface area (Å²) in [5.74, 6) is -1.86. The van der Waals surface area contributed by atoms with Crippen molar-refractivity contribution in [2.24, 2.45) is 0 Å². The van der Waals surface area contributed by atoms with E-state index < -0.39 is 149 Å². The summed E-state index contributed by atoms with van der Waals surface area (Å²) in [4.78, 5) is 29.2. The highest BCUT2D eigenvalue weighted by atomic mass is 15.2. The van der Waals surface area contributed by atoms with Crippen molar-refractivity contribution in [1.29, 1.82) is 0 Å². The van der Waals surface area contributed by atoms with Crippen LogP contribution in [0.4, 0.5) is 0 Å². The quantitative estimate of drug-likeness (QED) is 0.141. The molecule has 13 aromatic rings. The molecule has 0 fully saturated rings. The molecule has 0 aliphatic rings. The lowest BCUT2D eigenvalue weighted by Crippen LogP contribution is -2.07. The first kappa shape index (κ1) is 23.6. The van der Waals surface area contributed by atoms with Gasteiger partial charge < -0.3 is 0 Å². The smallest absolute Gasteiger partial charge is 0.238 e. The maximum absolute atomic E-state index is 9.48. The van der Waals surface area contributed by atoms with Crippen molar-refractivity contribution in [2.75, 3.05) is 0 Å². The Morgan fingerprint density at radius 3 is 1.37 bits per heavy atom. The van der Waals surface area contributed by atoms with E-state index in [0.29, 0.717) is 27.2 Å². The molecular weight excluding hydrogens is 819 g/mol. The molecule has 3 aromatic heterocycles. The average molecular weight is 875 g/mol. The molecule has 0 aliphatic carbocycles. The van der Waals surface area contributed by atoms with Crippen LogP contribution in [0, 0.1) is 0 Å². The van der Waals surface area contributed by atoms with Crippen LogP contribution in [-0.4, -0.2) is 34.5 Å². The first-order valence-corrected chi connectivity index (χ1v) is 20.8. The van der Waals surface area contributed by atoms with Gasteiger partial charge in [0, 0.05) is 38.6 Å². The molecule has 0 saturated carbocycles. The molecule has 0 bridgehead atoms. The fourth-order valence-corrected chi connectivity index (χ4v) is 8.49. The second kappa shape index (κ2) is 15.8. The van der Waals surface area contributed by atoms with Crippen molar-refractivity contribution in [1.82, 2.24) is 34.5 Å². The predicted octanol–water partition coefficient (Wildman–Crippen LogP) is 14.6. The zero-order valence-electron chi connectivity index (χ0n) is 53.5. The van der Waals surface area contributed by atoms with E-state index in [0.717, 1.165) is 27.3 Å². The standard InChI is InChI=1S/C60H37N7/c1-5-16-38(17-6-1)40-28-32-44(33-29-40)56-61-55(42-20-9-3-10-21-42)63-59(64-56)50-37-36-49-47-25-14-13-24-46(47)48-26-15-27-51-52(48)53(49)54(50)67(51)60-65-57(43-22-11-4-12-23-43)62-58(66-60)45-34-30-41(31-35-45)39-18-7-2-8-19-39/h1-37H/i1D,3D,4D,5D,6D,9D,10D,11D,12D,16D,17D,20D,21D,22D,23D,28D,29D,32D,33D. The SMILES string of the molecule is [2H]c1c([2H])c([2H])c(-c2nc(-c3c([2H])c([2H])c(-c4c([2H])c([2H])c([2H])c([2H])c4[2H])c([2H])c3[2H])nc(-c3ccc4c5ccccc5c5cccc6c5c4c3n6-c3nc(-c4ccc(-c5ccccc5)cc4)nc(-c4c([2H])c([2H])c([2H])c([2H])c4[2H])n3)n2)c([2H])c1[2H]. The zero-order valence-corrected chi connectivity index (χ0v) is 34.5. The highest BCUT2D eigenvalue weighted by Gasteiger charge is 2.26. The second-order valence-electron chi connectivity index (χ2n) is 15.2. The minimum Gasteiger partial charge on any atom is -0.277 e. The first-order valence-electron chi connectivity index (χ1n) is 30.3. The highest BCUT2D eigenvalue weighted by Crippen LogP contribution is 2.46. The topological polar surface area (TPSA) is 82.3 Å². The Hall–Kier alpha value is -9.20. The van der Waals surface area contributed by atoms with Gasteiger partial charge in [-0.05, 0) is 55.9 Å². The monoisotopic (exact) mass is 874 g/mol. The number of rotatable bonds is 8. The summed E-state index contributed by atoms with van der Waals surface area (Å²) in [6.45, 7) is 0. The van der Waals surface area contributed by atoms with Crippen LogP contribution >= 0.6 is 0 Å². The largest absolute Gasteiger partial charge is 0.277 e. The van der Waals surface area contributed by atoms with Crippen LogP contribution in [0.1, 0.15) is 26.0 Å². The molecule has 3 heterocycles. The third-order valence-electron chi connectivity index (χ3n) is 11.4. The molecule has 0 N–H and O–H groups in total. The molecular formula is C60H37N7. The molecule has 67 heavy (non-hydrogen) atoms. The normalized spacial score (nSPS) is 15.6. The zero-order chi connectivity index (χ0) is 60.8. The summed E-state index contributed by atoms with van der Waals surface area (Å²) in [6.07, 6.45) is 0. The molecule has 0 radical (unpaired) electrons. The molecule has 10 aromatic carbocycles. The molecule has 0 unspecified atom stereocenters. The lowest BCUT2D eigenvalue weighted by molar-refractivity contribution is 0.953. The van der Waals surface area contributed by atoms with Gasteiger partial charge in [0.25, 0.3) is 0 Å². The summed E-state index contributed by atoms with van der Waals surface area (Å²) in [6, 6.07) is 19.5. The number of aromatic nitrogens is 7. The summed E-state index contributed by atoms with van der Waals surface area (Å²) in [7, 11) is 0. The van der Waals surface area contributed by atoms with Crippen LogP contribution in [0.25, 0.3) is 128 Å². The van der Waals surface area contributed by atoms with E-state index in [2.05, 4.69) is 4.98 Å². The first-order chi connectivity index (χ1) is 41.1. The summed E-state index contributed by atoms with van der Waals surface area (Å²) >= 11 is 0. The number of hydrogen-bond donors (Lipinski definition) is 0. The van der Waals surface area contributed by atoms with Crippen LogP contribution < -0.4 is 0 Å². The van der Waals surface area contributed by atoms with Crippen molar-refractivity contribution in [3.05, 3.63) is 224 Å². The van der Waals surface area contributed by atoms with Gasteiger partial charge in [-0.3, -0.25) is 4.57 Å². The van der Waals surface area contributed by atoms with Gasteiger partial charge in [0.2, 0.25) is 5.95 Å². The fraction of sp³-hybridized carbons (Fsp3) is 0. The van der Waals surface area contributed by atoms with Gasteiger partial charge in [0.05, 0.1) is 37.1 Å². The molecule has 7 heteroatoms. The van der Waals surface area contributed by atoms with Gasteiger partial charge in [0.15, 0.2) is 29.1 Å². The Kier molecular flexibility index (Phi) is 5.58. The van der Waals surface area contributed by atoms with E-state index in [1.165, 1.54) is 0 Å². The number of fused-ring (bicyclic) bond motifs is 3. The van der Waals surface area contributed by atoms with E-state index in [4.69, 9.17) is 45.5 Å². The molecule has 7 nitrogen and oxygen atoms in total. The van der Waals surface area contributed by atoms with Crippen LogP contribution in [-0.2, 0) is 0 Å². The maximum Gasteiger partial charge on any atom is 0.238 e. The van der Waals surface area contributed by atoms with Crippen molar-refractivity contribution in [2.45, 2.75) is 0 Å². The third-order valence-corrected chi connectivity index (χ3v) is 11.4. The summed E-state index contributed by atoms with van der Waals surface area (Å²) < 4.78 is 169. The predicted molar refractivity (Wildman–Crippen MR) is 272 cm³/mol. The van der Waals surface area contributed by atoms with Crippen molar-refractivity contribution >= 4 is 43.4 Å². The van der Waals surface area contributed by atoms with E-state index in [1.54, 1.807) is 34.9 Å². The third kappa shape index (κ3) is 6.60. The summed E-state index contributed by atoms with van der Waals surface area (Å²) in [5.41, 5.74) is 0.413. The Morgan fingerprint density at radius 2 is 0.746 bits per heavy atom. The Labute approximate surface area is 412 Å². The van der Waals surface area contributed by atoms with Gasteiger partial charge in [-0.1, -0.05) is 212 Å². The summed E-state index contributed by atoms with van der Waals surface area (Å²) in [5, 5.41) is 4.36. The lowest BCUT2D eigenvalue weighted by Gasteiger charge is -2.14. The van der Waals surface area contributed by atoms with Crippen molar-refractivity contribution in [3.63, 3.8) is 0 Å². The fourth-order valence-electron chi connectivity index (χ4n) is 8.49. The minimum absolute atomic E-state index is 0.0276. The van der Waals surface area contributed by atoms with E-state index in [9.17, 15) is 5.48 Å².